The standard InChI is InChI=1S/C34H20O5S/c35-33(36)21-5-1-19(2-6-21)23-9-13-27-25(17-23)11-15-29-31(27)40-32-28-14-10-24(18-26(28)12-16-30(32)39-29)20-3-7-22(8-4-20)34(37)38/h1-18H,(H,35,36)(H,37,38). The van der Waals surface area contributed by atoms with E-state index in [9.17, 15) is 19.8 Å². The van der Waals surface area contributed by atoms with E-state index in [1.54, 1.807) is 36.0 Å². The summed E-state index contributed by atoms with van der Waals surface area (Å²) in [4.78, 5) is 24.5. The molecule has 6 aromatic rings. The van der Waals surface area contributed by atoms with Gasteiger partial charge in [0.1, 0.15) is 11.5 Å². The predicted octanol–water partition coefficient (Wildman–Crippen LogP) is 8.98. The maximum atomic E-state index is 11.2. The van der Waals surface area contributed by atoms with E-state index >= 15 is 0 Å². The Morgan fingerprint density at radius 2 is 0.900 bits per heavy atom. The maximum Gasteiger partial charge on any atom is 0.335 e. The number of hydrogen-bond donors (Lipinski definition) is 2. The van der Waals surface area contributed by atoms with Crippen LogP contribution in [0.1, 0.15) is 20.7 Å². The first kappa shape index (κ1) is 24.0. The molecule has 0 saturated heterocycles. The van der Waals surface area contributed by atoms with Crippen LogP contribution in [0.3, 0.4) is 0 Å². The van der Waals surface area contributed by atoms with Gasteiger partial charge in [0.15, 0.2) is 0 Å². The van der Waals surface area contributed by atoms with Crippen molar-refractivity contribution < 1.29 is 24.5 Å². The second-order valence-electron chi connectivity index (χ2n) is 9.63. The summed E-state index contributed by atoms with van der Waals surface area (Å²) in [6.07, 6.45) is 0. The van der Waals surface area contributed by atoms with Crippen LogP contribution in [0.25, 0.3) is 43.8 Å². The van der Waals surface area contributed by atoms with Gasteiger partial charge in [-0.3, -0.25) is 0 Å². The van der Waals surface area contributed by atoms with Crippen molar-refractivity contribution in [3.63, 3.8) is 0 Å². The Labute approximate surface area is 233 Å². The normalized spacial score (nSPS) is 12.0. The Bertz CT molecular complexity index is 1850. The molecule has 40 heavy (non-hydrogen) atoms. The maximum absolute atomic E-state index is 11.2. The molecule has 5 nitrogen and oxygen atoms in total. The van der Waals surface area contributed by atoms with Crippen LogP contribution >= 0.6 is 11.8 Å². The van der Waals surface area contributed by atoms with Crippen LogP contribution in [-0.2, 0) is 0 Å². The number of hydrogen-bond acceptors (Lipinski definition) is 4. The van der Waals surface area contributed by atoms with Crippen molar-refractivity contribution in [1.82, 2.24) is 0 Å². The quantitative estimate of drug-likeness (QED) is 0.232. The third-order valence-electron chi connectivity index (χ3n) is 7.22. The number of benzene rings is 6. The Morgan fingerprint density at radius 3 is 1.30 bits per heavy atom. The van der Waals surface area contributed by atoms with Crippen LogP contribution in [-0.4, -0.2) is 22.2 Å². The van der Waals surface area contributed by atoms with E-state index in [0.717, 1.165) is 65.1 Å². The monoisotopic (exact) mass is 540 g/mol. The van der Waals surface area contributed by atoms with Gasteiger partial charge >= 0.3 is 11.9 Å². The summed E-state index contributed by atoms with van der Waals surface area (Å²) < 4.78 is 6.36. The topological polar surface area (TPSA) is 83.8 Å². The van der Waals surface area contributed by atoms with E-state index in [0.29, 0.717) is 0 Å². The number of ether oxygens (including phenoxy) is 1. The first-order valence-corrected chi connectivity index (χ1v) is 13.4. The van der Waals surface area contributed by atoms with E-state index in [1.165, 1.54) is 0 Å². The number of carboxylic acid groups (broad SMARTS) is 2. The summed E-state index contributed by atoms with van der Waals surface area (Å²) in [6, 6.07) is 34.5. The molecule has 0 bridgehead atoms. The number of carboxylic acids is 2. The number of carbonyl (C=O) groups is 2. The molecule has 0 aliphatic carbocycles. The van der Waals surface area contributed by atoms with Crippen molar-refractivity contribution in [3.8, 4) is 33.8 Å². The minimum atomic E-state index is -0.938. The first-order chi connectivity index (χ1) is 19.4. The number of rotatable bonds is 4. The molecule has 7 rings (SSSR count). The van der Waals surface area contributed by atoms with E-state index in [2.05, 4.69) is 48.5 Å². The van der Waals surface area contributed by atoms with E-state index < -0.39 is 11.9 Å². The molecule has 6 aromatic carbocycles. The molecule has 1 heterocycles. The molecule has 2 N–H and O–H groups in total. The SMILES string of the molecule is O=C(O)c1ccc(-c2ccc3c4c(ccc3c2)Oc2ccc3cc(-c5ccc(C(=O)O)cc5)ccc3c2S4)cc1. The van der Waals surface area contributed by atoms with Crippen molar-refractivity contribution >= 4 is 45.2 Å². The summed E-state index contributed by atoms with van der Waals surface area (Å²) in [7, 11) is 0. The van der Waals surface area contributed by atoms with Gasteiger partial charge in [-0.25, -0.2) is 9.59 Å². The molecule has 1 aliphatic heterocycles. The summed E-state index contributed by atoms with van der Waals surface area (Å²) in [6.45, 7) is 0. The van der Waals surface area contributed by atoms with Crippen molar-refractivity contribution in [2.45, 2.75) is 9.79 Å². The lowest BCUT2D eigenvalue weighted by Gasteiger charge is -2.23. The molecular weight excluding hydrogens is 520 g/mol. The van der Waals surface area contributed by atoms with Crippen LogP contribution in [0.2, 0.25) is 0 Å². The molecule has 192 valence electrons. The highest BCUT2D eigenvalue weighted by atomic mass is 32.2. The average Bonchev–Trinajstić information content (AvgIpc) is 2.99. The smallest absolute Gasteiger partial charge is 0.335 e. The largest absolute Gasteiger partial charge is 0.478 e. The molecule has 0 amide bonds. The zero-order chi connectivity index (χ0) is 27.4. The Balaban J connectivity index is 1.25. The van der Waals surface area contributed by atoms with Crippen molar-refractivity contribution in [2.75, 3.05) is 0 Å². The lowest BCUT2D eigenvalue weighted by Crippen LogP contribution is -1.97. The van der Waals surface area contributed by atoms with Gasteiger partial charge in [-0.05, 0) is 92.3 Å². The number of fused-ring (bicyclic) bond motifs is 6. The molecule has 0 spiro atoms. The van der Waals surface area contributed by atoms with Gasteiger partial charge in [0.25, 0.3) is 0 Å². The predicted molar refractivity (Wildman–Crippen MR) is 157 cm³/mol. The first-order valence-electron chi connectivity index (χ1n) is 12.6. The van der Waals surface area contributed by atoms with Crippen molar-refractivity contribution in [2.24, 2.45) is 0 Å². The molecule has 6 heteroatoms. The van der Waals surface area contributed by atoms with Crippen LogP contribution in [0.4, 0.5) is 0 Å². The van der Waals surface area contributed by atoms with Gasteiger partial charge in [0, 0.05) is 0 Å². The second kappa shape index (κ2) is 9.29. The van der Waals surface area contributed by atoms with Gasteiger partial charge in [-0.2, -0.15) is 0 Å². The molecule has 0 radical (unpaired) electrons. The summed E-state index contributed by atoms with van der Waals surface area (Å²) in [5, 5.41) is 22.7. The minimum Gasteiger partial charge on any atom is -0.478 e. The molecule has 0 saturated carbocycles. The molecule has 0 atom stereocenters. The zero-order valence-corrected chi connectivity index (χ0v) is 21.7. The van der Waals surface area contributed by atoms with Gasteiger partial charge in [-0.1, -0.05) is 72.4 Å². The summed E-state index contributed by atoms with van der Waals surface area (Å²) in [5.74, 6) is -0.240. The molecule has 0 fully saturated rings. The lowest BCUT2D eigenvalue weighted by molar-refractivity contribution is 0.0686. The Hall–Kier alpha value is -5.07. The Morgan fingerprint density at radius 1 is 0.500 bits per heavy atom. The highest BCUT2D eigenvalue weighted by molar-refractivity contribution is 8.00. The fraction of sp³-hybridized carbons (Fsp3) is 0. The van der Waals surface area contributed by atoms with Gasteiger partial charge in [0.2, 0.25) is 0 Å². The molecular formula is C34H20O5S. The van der Waals surface area contributed by atoms with Crippen molar-refractivity contribution in [1.29, 1.82) is 0 Å². The molecule has 0 aromatic heterocycles. The zero-order valence-electron chi connectivity index (χ0n) is 20.9. The fourth-order valence-electron chi connectivity index (χ4n) is 5.12. The molecule has 1 aliphatic rings. The number of aromatic carboxylic acids is 2. The Kier molecular flexibility index (Phi) is 5.58. The van der Waals surface area contributed by atoms with E-state index in [4.69, 9.17) is 4.74 Å². The molecule has 0 unspecified atom stereocenters. The lowest BCUT2D eigenvalue weighted by atomic mass is 9.99. The van der Waals surface area contributed by atoms with Gasteiger partial charge < -0.3 is 14.9 Å². The highest BCUT2D eigenvalue weighted by Crippen LogP contribution is 2.52. The third kappa shape index (κ3) is 4.06. The summed E-state index contributed by atoms with van der Waals surface area (Å²) >= 11 is 1.70. The fourth-order valence-corrected chi connectivity index (χ4v) is 6.34. The van der Waals surface area contributed by atoms with Crippen LogP contribution in [0, 0.1) is 0 Å². The van der Waals surface area contributed by atoms with Gasteiger partial charge in [0.05, 0.1) is 20.9 Å². The van der Waals surface area contributed by atoms with E-state index in [-0.39, 0.29) is 11.1 Å². The summed E-state index contributed by atoms with van der Waals surface area (Å²) in [5.41, 5.74) is 4.47. The van der Waals surface area contributed by atoms with Gasteiger partial charge in [-0.15, -0.1) is 0 Å². The highest BCUT2D eigenvalue weighted by Gasteiger charge is 2.22. The minimum absolute atomic E-state index is 0.265. The second-order valence-corrected chi connectivity index (χ2v) is 10.6. The van der Waals surface area contributed by atoms with Crippen LogP contribution < -0.4 is 4.74 Å². The average molecular weight is 541 g/mol. The van der Waals surface area contributed by atoms with E-state index in [1.807, 2.05) is 36.4 Å². The third-order valence-corrected chi connectivity index (χ3v) is 8.47. The van der Waals surface area contributed by atoms with Crippen LogP contribution in [0.5, 0.6) is 11.5 Å². The van der Waals surface area contributed by atoms with Crippen molar-refractivity contribution in [3.05, 3.63) is 120 Å². The van der Waals surface area contributed by atoms with Crippen LogP contribution in [0.15, 0.2) is 119 Å².